The lowest BCUT2D eigenvalue weighted by molar-refractivity contribution is -0.114. The Bertz CT molecular complexity index is 771. The molecule has 3 rings (SSSR count). The Morgan fingerprint density at radius 1 is 1.14 bits per heavy atom. The molecule has 0 saturated carbocycles. The molecular weight excluding hydrogens is 288 g/mol. The summed E-state index contributed by atoms with van der Waals surface area (Å²) in [6.45, 7) is 4.05. The molecule has 1 aliphatic rings. The average Bonchev–Trinajstić information content (AvgIpc) is 2.69. The smallest absolute Gasteiger partial charge is 0.299 e. The van der Waals surface area contributed by atoms with E-state index in [1.54, 1.807) is 18.3 Å². The van der Waals surface area contributed by atoms with Crippen LogP contribution in [-0.2, 0) is 11.3 Å². The van der Waals surface area contributed by atoms with Crippen LogP contribution >= 0.6 is 11.6 Å². The third kappa shape index (κ3) is 2.21. The van der Waals surface area contributed by atoms with Crippen LogP contribution in [0.15, 0.2) is 30.5 Å². The van der Waals surface area contributed by atoms with Crippen molar-refractivity contribution in [3.63, 3.8) is 0 Å². The molecule has 0 saturated heterocycles. The van der Waals surface area contributed by atoms with Gasteiger partial charge in [-0.05, 0) is 42.7 Å². The summed E-state index contributed by atoms with van der Waals surface area (Å²) in [5, 5.41) is 0.367. The summed E-state index contributed by atoms with van der Waals surface area (Å²) in [6, 6.07) is 7.27. The summed E-state index contributed by atoms with van der Waals surface area (Å²) in [7, 11) is 0. The van der Waals surface area contributed by atoms with Crippen molar-refractivity contribution in [2.24, 2.45) is 0 Å². The number of rotatable bonds is 2. The van der Waals surface area contributed by atoms with Crippen molar-refractivity contribution in [2.75, 3.05) is 4.90 Å². The van der Waals surface area contributed by atoms with E-state index in [4.69, 9.17) is 11.6 Å². The zero-order valence-corrected chi connectivity index (χ0v) is 12.4. The SMILES string of the molecule is Cc1ccc(C)c2c1C(=O)C(=O)N2Cc1ccnc(Cl)c1. The number of ketones is 1. The van der Waals surface area contributed by atoms with Gasteiger partial charge in [-0.3, -0.25) is 9.59 Å². The van der Waals surface area contributed by atoms with Crippen molar-refractivity contribution < 1.29 is 9.59 Å². The number of fused-ring (bicyclic) bond motifs is 1. The van der Waals surface area contributed by atoms with Gasteiger partial charge in [0.25, 0.3) is 11.7 Å². The number of hydrogen-bond donors (Lipinski definition) is 0. The highest BCUT2D eigenvalue weighted by Gasteiger charge is 2.38. The first-order valence-corrected chi connectivity index (χ1v) is 6.93. The molecule has 1 aromatic carbocycles. The molecule has 21 heavy (non-hydrogen) atoms. The third-order valence-electron chi connectivity index (χ3n) is 3.66. The number of anilines is 1. The van der Waals surface area contributed by atoms with Crippen LogP contribution in [0.4, 0.5) is 5.69 Å². The predicted molar refractivity (Wildman–Crippen MR) is 80.7 cm³/mol. The number of Topliss-reactive ketones (excluding diaryl/α,β-unsaturated/α-hetero) is 1. The molecule has 0 radical (unpaired) electrons. The number of halogens is 1. The average molecular weight is 301 g/mol. The topological polar surface area (TPSA) is 50.3 Å². The van der Waals surface area contributed by atoms with Crippen molar-refractivity contribution in [2.45, 2.75) is 20.4 Å². The minimum atomic E-state index is -0.490. The van der Waals surface area contributed by atoms with Crippen LogP contribution in [0.1, 0.15) is 27.0 Å². The van der Waals surface area contributed by atoms with Gasteiger partial charge >= 0.3 is 0 Å². The van der Waals surface area contributed by atoms with Gasteiger partial charge in [0, 0.05) is 6.20 Å². The highest BCUT2D eigenvalue weighted by Crippen LogP contribution is 2.35. The van der Waals surface area contributed by atoms with E-state index < -0.39 is 11.7 Å². The molecule has 2 heterocycles. The molecule has 5 heteroatoms. The lowest BCUT2D eigenvalue weighted by atomic mass is 10.0. The lowest BCUT2D eigenvalue weighted by Crippen LogP contribution is -2.29. The molecular formula is C16H13ClN2O2. The number of benzene rings is 1. The Labute approximate surface area is 127 Å². The van der Waals surface area contributed by atoms with E-state index >= 15 is 0 Å². The number of carbonyl (C=O) groups is 2. The van der Waals surface area contributed by atoms with E-state index in [1.807, 2.05) is 26.0 Å². The minimum absolute atomic E-state index is 0.310. The Balaban J connectivity index is 2.08. The van der Waals surface area contributed by atoms with E-state index in [-0.39, 0.29) is 0 Å². The largest absolute Gasteiger partial charge is 0.300 e. The van der Waals surface area contributed by atoms with Crippen molar-refractivity contribution in [1.82, 2.24) is 4.98 Å². The van der Waals surface area contributed by atoms with Gasteiger partial charge in [-0.15, -0.1) is 0 Å². The maximum atomic E-state index is 12.3. The number of carbonyl (C=O) groups excluding carboxylic acids is 2. The molecule has 0 aliphatic carbocycles. The van der Waals surface area contributed by atoms with Gasteiger partial charge in [0.1, 0.15) is 5.15 Å². The quantitative estimate of drug-likeness (QED) is 0.632. The van der Waals surface area contributed by atoms with E-state index in [9.17, 15) is 9.59 Å². The van der Waals surface area contributed by atoms with E-state index in [0.717, 1.165) is 16.7 Å². The van der Waals surface area contributed by atoms with E-state index in [2.05, 4.69) is 4.98 Å². The number of amides is 1. The fourth-order valence-corrected chi connectivity index (χ4v) is 2.83. The molecule has 106 valence electrons. The van der Waals surface area contributed by atoms with Crippen molar-refractivity contribution in [3.8, 4) is 0 Å². The highest BCUT2D eigenvalue weighted by atomic mass is 35.5. The van der Waals surface area contributed by atoms with Gasteiger partial charge in [-0.2, -0.15) is 0 Å². The van der Waals surface area contributed by atoms with Gasteiger partial charge in [-0.25, -0.2) is 4.98 Å². The summed E-state index contributed by atoms with van der Waals surface area (Å²) in [5.74, 6) is -0.929. The third-order valence-corrected chi connectivity index (χ3v) is 3.86. The van der Waals surface area contributed by atoms with Gasteiger partial charge in [0.2, 0.25) is 0 Å². The standard InChI is InChI=1S/C16H13ClN2O2/c1-9-3-4-10(2)14-13(9)15(20)16(21)19(14)8-11-5-6-18-12(17)7-11/h3-7H,8H2,1-2H3. The van der Waals surface area contributed by atoms with E-state index in [1.165, 1.54) is 4.90 Å². The Morgan fingerprint density at radius 2 is 1.86 bits per heavy atom. The number of nitrogens with zero attached hydrogens (tertiary/aromatic N) is 2. The second-order valence-corrected chi connectivity index (χ2v) is 5.52. The first-order valence-electron chi connectivity index (χ1n) is 6.56. The molecule has 0 bridgehead atoms. The first kappa shape index (κ1) is 13.8. The second-order valence-electron chi connectivity index (χ2n) is 5.13. The van der Waals surface area contributed by atoms with Crippen LogP contribution in [0.5, 0.6) is 0 Å². The molecule has 1 aromatic heterocycles. The van der Waals surface area contributed by atoms with E-state index in [0.29, 0.717) is 22.9 Å². The van der Waals surface area contributed by atoms with Crippen molar-refractivity contribution in [1.29, 1.82) is 0 Å². The van der Waals surface area contributed by atoms with Gasteiger partial charge in [0.05, 0.1) is 17.8 Å². The molecule has 4 nitrogen and oxygen atoms in total. The fraction of sp³-hybridized carbons (Fsp3) is 0.188. The van der Waals surface area contributed by atoms with Crippen LogP contribution in [0, 0.1) is 13.8 Å². The molecule has 1 amide bonds. The number of hydrogen-bond acceptors (Lipinski definition) is 3. The molecule has 0 N–H and O–H groups in total. The second kappa shape index (κ2) is 4.97. The molecule has 0 spiro atoms. The first-order chi connectivity index (χ1) is 9.99. The summed E-state index contributed by atoms with van der Waals surface area (Å²) < 4.78 is 0. The molecule has 1 aliphatic heterocycles. The minimum Gasteiger partial charge on any atom is -0.300 e. The maximum Gasteiger partial charge on any atom is 0.299 e. The zero-order chi connectivity index (χ0) is 15.1. The number of aryl methyl sites for hydroxylation is 2. The molecule has 0 fully saturated rings. The summed E-state index contributed by atoms with van der Waals surface area (Å²) in [6.07, 6.45) is 1.59. The van der Waals surface area contributed by atoms with Crippen LogP contribution in [0.25, 0.3) is 0 Å². The summed E-state index contributed by atoms with van der Waals surface area (Å²) in [5.41, 5.74) is 3.79. The van der Waals surface area contributed by atoms with Crippen LogP contribution in [0.3, 0.4) is 0 Å². The van der Waals surface area contributed by atoms with Gasteiger partial charge in [-0.1, -0.05) is 23.7 Å². The molecule has 2 aromatic rings. The van der Waals surface area contributed by atoms with Crippen molar-refractivity contribution >= 4 is 29.0 Å². The highest BCUT2D eigenvalue weighted by molar-refractivity contribution is 6.52. The lowest BCUT2D eigenvalue weighted by Gasteiger charge is -2.19. The Morgan fingerprint density at radius 3 is 2.57 bits per heavy atom. The van der Waals surface area contributed by atoms with Crippen LogP contribution in [0.2, 0.25) is 5.15 Å². The van der Waals surface area contributed by atoms with Gasteiger partial charge < -0.3 is 4.90 Å². The molecule has 0 unspecified atom stereocenters. The summed E-state index contributed by atoms with van der Waals surface area (Å²) in [4.78, 5) is 29.9. The zero-order valence-electron chi connectivity index (χ0n) is 11.7. The monoisotopic (exact) mass is 300 g/mol. The number of pyridine rings is 1. The van der Waals surface area contributed by atoms with Gasteiger partial charge in [0.15, 0.2) is 0 Å². The Kier molecular flexibility index (Phi) is 3.26. The maximum absolute atomic E-state index is 12.3. The van der Waals surface area contributed by atoms with Crippen LogP contribution in [-0.4, -0.2) is 16.7 Å². The summed E-state index contributed by atoms with van der Waals surface area (Å²) >= 11 is 5.87. The predicted octanol–water partition coefficient (Wildman–Crippen LogP) is 3.08. The van der Waals surface area contributed by atoms with Crippen LogP contribution < -0.4 is 4.90 Å². The normalized spacial score (nSPS) is 13.8. The Hall–Kier alpha value is -2.20. The molecule has 0 atom stereocenters. The van der Waals surface area contributed by atoms with Crippen molar-refractivity contribution in [3.05, 3.63) is 57.9 Å². The fourth-order valence-electron chi connectivity index (χ4n) is 2.64. The number of aromatic nitrogens is 1.